The average Bonchev–Trinajstić information content (AvgIpc) is 2.36. The van der Waals surface area contributed by atoms with Crippen molar-refractivity contribution in [3.05, 3.63) is 0 Å². The van der Waals surface area contributed by atoms with Crippen LogP contribution in [0.3, 0.4) is 0 Å². The van der Waals surface area contributed by atoms with Gasteiger partial charge in [0.2, 0.25) is 11.8 Å². The summed E-state index contributed by atoms with van der Waals surface area (Å²) in [6, 6.07) is 0. The van der Waals surface area contributed by atoms with Crippen LogP contribution in [0.2, 0.25) is 0 Å². The number of nitrogens with two attached hydrogens (primary N) is 1. The molecule has 0 spiro atoms. The predicted molar refractivity (Wildman–Crippen MR) is 69.3 cm³/mol. The van der Waals surface area contributed by atoms with Crippen LogP contribution in [0.1, 0.15) is 19.8 Å². The van der Waals surface area contributed by atoms with Crippen molar-refractivity contribution >= 4 is 29.0 Å². The van der Waals surface area contributed by atoms with Crippen molar-refractivity contribution in [1.29, 1.82) is 0 Å². The van der Waals surface area contributed by atoms with E-state index in [0.29, 0.717) is 25.9 Å². The van der Waals surface area contributed by atoms with Gasteiger partial charge in [0.1, 0.15) is 0 Å². The Balaban J connectivity index is 2.49. The standard InChI is InChI=1S/C11H19N3O2S/c1-7(9(12)17)11(16)14-5-3-8(4-6-14)10(15)13-2/h7-8H,3-6H2,1-2H3,(H2,12,17)(H,13,15). The van der Waals surface area contributed by atoms with Crippen LogP contribution in [0.4, 0.5) is 0 Å². The Bertz CT molecular complexity index is 325. The zero-order chi connectivity index (χ0) is 13.0. The lowest BCUT2D eigenvalue weighted by Gasteiger charge is -2.32. The number of carbonyl (C=O) groups is 2. The summed E-state index contributed by atoms with van der Waals surface area (Å²) >= 11 is 4.81. The van der Waals surface area contributed by atoms with E-state index in [2.05, 4.69) is 5.32 Å². The van der Waals surface area contributed by atoms with Gasteiger partial charge in [-0.1, -0.05) is 12.2 Å². The molecular formula is C11H19N3O2S. The summed E-state index contributed by atoms with van der Waals surface area (Å²) in [4.78, 5) is 25.3. The molecule has 1 rings (SSSR count). The van der Waals surface area contributed by atoms with Crippen molar-refractivity contribution in [2.24, 2.45) is 17.6 Å². The lowest BCUT2D eigenvalue weighted by molar-refractivity contribution is -0.136. The minimum absolute atomic E-state index is 0.0178. The van der Waals surface area contributed by atoms with Crippen molar-refractivity contribution < 1.29 is 9.59 Å². The van der Waals surface area contributed by atoms with Gasteiger partial charge in [-0.25, -0.2) is 0 Å². The van der Waals surface area contributed by atoms with Crippen molar-refractivity contribution in [2.75, 3.05) is 20.1 Å². The van der Waals surface area contributed by atoms with Crippen LogP contribution in [-0.2, 0) is 9.59 Å². The topological polar surface area (TPSA) is 75.4 Å². The van der Waals surface area contributed by atoms with Crippen molar-refractivity contribution in [1.82, 2.24) is 10.2 Å². The maximum atomic E-state index is 11.9. The number of hydrogen-bond acceptors (Lipinski definition) is 3. The third-order valence-electron chi connectivity index (χ3n) is 3.22. The summed E-state index contributed by atoms with van der Waals surface area (Å²) in [5, 5.41) is 2.64. The largest absolute Gasteiger partial charge is 0.393 e. The van der Waals surface area contributed by atoms with Gasteiger partial charge in [-0.15, -0.1) is 0 Å². The lowest BCUT2D eigenvalue weighted by Crippen LogP contribution is -2.46. The van der Waals surface area contributed by atoms with Gasteiger partial charge in [0.25, 0.3) is 0 Å². The van der Waals surface area contributed by atoms with Crippen LogP contribution in [-0.4, -0.2) is 41.8 Å². The summed E-state index contributed by atoms with van der Waals surface area (Å²) in [6.45, 7) is 2.92. The molecule has 0 aliphatic carbocycles. The third kappa shape index (κ3) is 3.39. The monoisotopic (exact) mass is 257 g/mol. The van der Waals surface area contributed by atoms with Gasteiger partial charge in [0.15, 0.2) is 0 Å². The molecule has 6 heteroatoms. The highest BCUT2D eigenvalue weighted by atomic mass is 32.1. The van der Waals surface area contributed by atoms with Crippen LogP contribution < -0.4 is 11.1 Å². The van der Waals surface area contributed by atoms with E-state index in [4.69, 9.17) is 18.0 Å². The Morgan fingerprint density at radius 1 is 1.41 bits per heavy atom. The number of carbonyl (C=O) groups excluding carboxylic acids is 2. The van der Waals surface area contributed by atoms with Gasteiger partial charge in [-0.3, -0.25) is 9.59 Å². The van der Waals surface area contributed by atoms with E-state index in [9.17, 15) is 9.59 Å². The van der Waals surface area contributed by atoms with Crippen LogP contribution >= 0.6 is 12.2 Å². The Labute approximate surface area is 107 Å². The van der Waals surface area contributed by atoms with Crippen molar-refractivity contribution in [3.63, 3.8) is 0 Å². The maximum absolute atomic E-state index is 11.9. The van der Waals surface area contributed by atoms with E-state index in [0.717, 1.165) is 0 Å². The fourth-order valence-corrected chi connectivity index (χ4v) is 2.06. The van der Waals surface area contributed by atoms with Gasteiger partial charge >= 0.3 is 0 Å². The summed E-state index contributed by atoms with van der Waals surface area (Å²) in [6.07, 6.45) is 1.41. The van der Waals surface area contributed by atoms with Gasteiger partial charge in [0.05, 0.1) is 10.9 Å². The number of likely N-dealkylation sites (tertiary alicyclic amines) is 1. The van der Waals surface area contributed by atoms with E-state index in [1.807, 2.05) is 0 Å². The molecule has 1 fully saturated rings. The van der Waals surface area contributed by atoms with E-state index < -0.39 is 5.92 Å². The minimum atomic E-state index is -0.415. The van der Waals surface area contributed by atoms with Gasteiger partial charge in [0, 0.05) is 26.1 Å². The van der Waals surface area contributed by atoms with Crippen LogP contribution in [0.15, 0.2) is 0 Å². The number of rotatable bonds is 3. The Morgan fingerprint density at radius 3 is 2.35 bits per heavy atom. The highest BCUT2D eigenvalue weighted by Gasteiger charge is 2.29. The molecule has 1 saturated heterocycles. The molecule has 0 aromatic carbocycles. The summed E-state index contributed by atoms with van der Waals surface area (Å²) in [5.74, 6) is -0.377. The van der Waals surface area contributed by atoms with E-state index in [1.54, 1.807) is 18.9 Å². The number of amides is 2. The second kappa shape index (κ2) is 5.95. The number of thiocarbonyl (C=S) groups is 1. The maximum Gasteiger partial charge on any atom is 0.232 e. The molecule has 96 valence electrons. The summed E-state index contributed by atoms with van der Waals surface area (Å²) in [7, 11) is 1.63. The second-order valence-electron chi connectivity index (χ2n) is 4.34. The number of piperidine rings is 1. The number of hydrogen-bond donors (Lipinski definition) is 2. The molecule has 0 aromatic heterocycles. The van der Waals surface area contributed by atoms with Crippen LogP contribution in [0, 0.1) is 11.8 Å². The number of nitrogens with one attached hydrogen (secondary N) is 1. The number of nitrogens with zero attached hydrogens (tertiary/aromatic N) is 1. The molecule has 2 amide bonds. The molecule has 3 N–H and O–H groups in total. The quantitative estimate of drug-likeness (QED) is 0.692. The zero-order valence-electron chi connectivity index (χ0n) is 10.2. The van der Waals surface area contributed by atoms with Crippen LogP contribution in [0.25, 0.3) is 0 Å². The molecule has 0 radical (unpaired) electrons. The minimum Gasteiger partial charge on any atom is -0.393 e. The fraction of sp³-hybridized carbons (Fsp3) is 0.727. The first kappa shape index (κ1) is 13.9. The molecule has 1 aliphatic heterocycles. The molecule has 1 aliphatic rings. The Hall–Kier alpha value is -1.17. The molecule has 1 heterocycles. The van der Waals surface area contributed by atoms with Gasteiger partial charge < -0.3 is 16.0 Å². The third-order valence-corrected chi connectivity index (χ3v) is 3.57. The second-order valence-corrected chi connectivity index (χ2v) is 4.81. The normalized spacial score (nSPS) is 18.6. The molecule has 5 nitrogen and oxygen atoms in total. The van der Waals surface area contributed by atoms with E-state index in [-0.39, 0.29) is 22.7 Å². The Morgan fingerprint density at radius 2 is 1.94 bits per heavy atom. The van der Waals surface area contributed by atoms with Gasteiger partial charge in [-0.2, -0.15) is 0 Å². The lowest BCUT2D eigenvalue weighted by atomic mass is 9.95. The molecule has 0 aromatic rings. The first-order valence-corrected chi connectivity index (χ1v) is 6.18. The molecule has 1 unspecified atom stereocenters. The van der Waals surface area contributed by atoms with Crippen molar-refractivity contribution in [3.8, 4) is 0 Å². The van der Waals surface area contributed by atoms with Crippen molar-refractivity contribution in [2.45, 2.75) is 19.8 Å². The van der Waals surface area contributed by atoms with E-state index in [1.165, 1.54) is 0 Å². The Kier molecular flexibility index (Phi) is 4.86. The molecule has 1 atom stereocenters. The SMILES string of the molecule is CNC(=O)C1CCN(C(=O)C(C)C(N)=S)CC1. The zero-order valence-corrected chi connectivity index (χ0v) is 11.0. The van der Waals surface area contributed by atoms with Crippen LogP contribution in [0.5, 0.6) is 0 Å². The highest BCUT2D eigenvalue weighted by molar-refractivity contribution is 7.80. The highest BCUT2D eigenvalue weighted by Crippen LogP contribution is 2.18. The average molecular weight is 257 g/mol. The first-order valence-electron chi connectivity index (χ1n) is 5.77. The summed E-state index contributed by atoms with van der Waals surface area (Å²) < 4.78 is 0. The molecule has 0 bridgehead atoms. The molecular weight excluding hydrogens is 238 g/mol. The van der Waals surface area contributed by atoms with Gasteiger partial charge in [-0.05, 0) is 19.8 Å². The first-order chi connectivity index (χ1) is 7.97. The smallest absolute Gasteiger partial charge is 0.232 e. The predicted octanol–water partition coefficient (Wildman–Crippen LogP) is -0.107. The molecule has 17 heavy (non-hydrogen) atoms. The fourth-order valence-electron chi connectivity index (χ4n) is 1.96. The van der Waals surface area contributed by atoms with E-state index >= 15 is 0 Å². The summed E-state index contributed by atoms with van der Waals surface area (Å²) in [5.41, 5.74) is 5.46. The molecule has 0 saturated carbocycles.